The SMILES string of the molecule is N#Cc1nc(NS(=O)(=O)C(F)(F)F)n([O-])c1C#N. The summed E-state index contributed by atoms with van der Waals surface area (Å²) in [4.78, 5) is 2.97. The number of alkyl halides is 3. The first-order valence-electron chi connectivity index (χ1n) is 3.83. The number of hydrogen-bond acceptors (Lipinski definition) is 6. The molecular formula is C6HF3N5O3S-. The lowest BCUT2D eigenvalue weighted by atomic mass is 10.4. The monoisotopic (exact) mass is 280 g/mol. The third-order valence-corrected chi connectivity index (χ3v) is 2.64. The Morgan fingerprint density at radius 2 is 1.89 bits per heavy atom. The number of hydrogen-bond donors (Lipinski definition) is 1. The van der Waals surface area contributed by atoms with Crippen LogP contribution in [0.2, 0.25) is 0 Å². The Bertz CT molecular complexity index is 662. The molecule has 0 aliphatic heterocycles. The molecule has 1 aromatic heterocycles. The van der Waals surface area contributed by atoms with Crippen LogP contribution in [-0.2, 0) is 10.0 Å². The highest BCUT2D eigenvalue weighted by Crippen LogP contribution is 2.25. The molecule has 0 fully saturated rings. The van der Waals surface area contributed by atoms with Crippen LogP contribution >= 0.6 is 0 Å². The van der Waals surface area contributed by atoms with E-state index < -0.39 is 37.6 Å². The summed E-state index contributed by atoms with van der Waals surface area (Å²) in [5.41, 5.74) is -7.34. The number of imidazole rings is 1. The van der Waals surface area contributed by atoms with E-state index in [1.54, 1.807) is 0 Å². The van der Waals surface area contributed by atoms with Crippen LogP contribution < -0.4 is 4.72 Å². The van der Waals surface area contributed by atoms with Gasteiger partial charge in [-0.05, 0) is 0 Å². The molecule has 1 heterocycles. The summed E-state index contributed by atoms with van der Waals surface area (Å²) >= 11 is 0. The van der Waals surface area contributed by atoms with Gasteiger partial charge in [-0.15, -0.1) is 0 Å². The van der Waals surface area contributed by atoms with Crippen molar-refractivity contribution in [3.63, 3.8) is 0 Å². The first-order valence-corrected chi connectivity index (χ1v) is 5.32. The molecule has 0 radical (unpaired) electrons. The molecule has 0 saturated carbocycles. The normalized spacial score (nSPS) is 11.6. The Morgan fingerprint density at radius 1 is 1.33 bits per heavy atom. The zero-order valence-corrected chi connectivity index (χ0v) is 8.87. The van der Waals surface area contributed by atoms with Crippen molar-refractivity contribution in [1.29, 1.82) is 10.5 Å². The van der Waals surface area contributed by atoms with E-state index in [1.165, 1.54) is 12.1 Å². The van der Waals surface area contributed by atoms with Crippen LogP contribution in [0.5, 0.6) is 0 Å². The highest BCUT2D eigenvalue weighted by Gasteiger charge is 2.46. The molecule has 0 unspecified atom stereocenters. The molecule has 0 aromatic carbocycles. The van der Waals surface area contributed by atoms with E-state index in [1.807, 2.05) is 0 Å². The van der Waals surface area contributed by atoms with Crippen LogP contribution in [0.3, 0.4) is 0 Å². The van der Waals surface area contributed by atoms with E-state index in [0.717, 1.165) is 4.72 Å². The van der Waals surface area contributed by atoms with Crippen molar-refractivity contribution in [1.82, 2.24) is 9.71 Å². The molecule has 8 nitrogen and oxygen atoms in total. The molecule has 0 aliphatic rings. The zero-order valence-electron chi connectivity index (χ0n) is 8.06. The summed E-state index contributed by atoms with van der Waals surface area (Å²) < 4.78 is 57.7. The molecule has 0 amide bonds. The summed E-state index contributed by atoms with van der Waals surface area (Å²) in [6.45, 7) is 0. The highest BCUT2D eigenvalue weighted by atomic mass is 32.2. The molecule has 0 atom stereocenters. The molecule has 12 heteroatoms. The molecule has 0 spiro atoms. The number of nitrogens with one attached hydrogen (secondary N) is 1. The number of nitriles is 2. The summed E-state index contributed by atoms with van der Waals surface area (Å²) in [7, 11) is -5.85. The number of aromatic nitrogens is 2. The number of sulfonamides is 1. The predicted octanol–water partition coefficient (Wildman–Crippen LogP) is 0.234. The number of anilines is 1. The summed E-state index contributed by atoms with van der Waals surface area (Å²) in [6, 6.07) is 2.47. The van der Waals surface area contributed by atoms with Gasteiger partial charge in [0.1, 0.15) is 12.1 Å². The van der Waals surface area contributed by atoms with Gasteiger partial charge in [-0.2, -0.15) is 32.1 Å². The van der Waals surface area contributed by atoms with E-state index in [-0.39, 0.29) is 0 Å². The minimum absolute atomic E-state index is 0.512. The second-order valence-corrected chi connectivity index (χ2v) is 4.38. The van der Waals surface area contributed by atoms with Crippen molar-refractivity contribution < 1.29 is 21.6 Å². The van der Waals surface area contributed by atoms with Gasteiger partial charge < -0.3 is 9.94 Å². The summed E-state index contributed by atoms with van der Waals surface area (Å²) in [5, 5.41) is 28.0. The standard InChI is InChI=1S/C6HF3N5O3S/c7-6(8,9)18(16,17)13-5-12-3(1-10)4(2-11)14(5)15/h(H,12,13)/q-1. The van der Waals surface area contributed by atoms with Crippen LogP contribution in [0.4, 0.5) is 19.1 Å². The Labute approximate surface area is 97.5 Å². The van der Waals surface area contributed by atoms with Gasteiger partial charge in [0.15, 0.2) is 11.4 Å². The van der Waals surface area contributed by atoms with Gasteiger partial charge in [0.2, 0.25) is 5.95 Å². The van der Waals surface area contributed by atoms with Crippen molar-refractivity contribution in [3.8, 4) is 12.1 Å². The fourth-order valence-corrected chi connectivity index (χ4v) is 1.31. The predicted molar refractivity (Wildman–Crippen MR) is 49.0 cm³/mol. The topological polar surface area (TPSA) is 135 Å². The Morgan fingerprint density at radius 3 is 2.22 bits per heavy atom. The second kappa shape index (κ2) is 4.08. The maximum absolute atomic E-state index is 12.0. The lowest BCUT2D eigenvalue weighted by Crippen LogP contribution is -2.30. The fourth-order valence-electron chi connectivity index (χ4n) is 0.825. The maximum atomic E-state index is 12.0. The maximum Gasteiger partial charge on any atom is 0.516 e. The van der Waals surface area contributed by atoms with Crippen molar-refractivity contribution in [2.75, 3.05) is 4.72 Å². The highest BCUT2D eigenvalue weighted by molar-refractivity contribution is 7.93. The molecule has 0 bridgehead atoms. The first kappa shape index (κ1) is 13.6. The molecule has 1 aromatic rings. The Balaban J connectivity index is 3.29. The van der Waals surface area contributed by atoms with Crippen LogP contribution in [-0.4, -0.2) is 23.6 Å². The zero-order chi connectivity index (χ0) is 14.1. The molecule has 0 saturated heterocycles. The second-order valence-electron chi connectivity index (χ2n) is 2.70. The minimum atomic E-state index is -5.85. The molecule has 1 N–H and O–H groups in total. The van der Waals surface area contributed by atoms with E-state index in [2.05, 4.69) is 4.98 Å². The van der Waals surface area contributed by atoms with Crippen molar-refractivity contribution in [3.05, 3.63) is 16.6 Å². The third-order valence-electron chi connectivity index (χ3n) is 1.58. The average Bonchev–Trinajstić information content (AvgIpc) is 2.53. The number of halogens is 3. The van der Waals surface area contributed by atoms with Crippen LogP contribution in [0.25, 0.3) is 0 Å². The molecule has 0 aliphatic carbocycles. The van der Waals surface area contributed by atoms with Gasteiger partial charge in [0.25, 0.3) is 0 Å². The van der Waals surface area contributed by atoms with Crippen molar-refractivity contribution in [2.24, 2.45) is 0 Å². The molecule has 18 heavy (non-hydrogen) atoms. The van der Waals surface area contributed by atoms with Gasteiger partial charge in [0.05, 0.1) is 0 Å². The lowest BCUT2D eigenvalue weighted by Gasteiger charge is -2.14. The fraction of sp³-hybridized carbons (Fsp3) is 0.167. The summed E-state index contributed by atoms with van der Waals surface area (Å²) in [5.74, 6) is -1.32. The quantitative estimate of drug-likeness (QED) is 0.823. The van der Waals surface area contributed by atoms with E-state index in [0.29, 0.717) is 0 Å². The van der Waals surface area contributed by atoms with E-state index >= 15 is 0 Å². The third kappa shape index (κ3) is 2.14. The molecule has 1 rings (SSSR count). The van der Waals surface area contributed by atoms with Gasteiger partial charge in [-0.3, -0.25) is 0 Å². The summed E-state index contributed by atoms with van der Waals surface area (Å²) in [6.07, 6.45) is 0. The Kier molecular flexibility index (Phi) is 3.08. The smallest absolute Gasteiger partial charge is 0.516 e. The number of nitrogens with zero attached hydrogens (tertiary/aromatic N) is 4. The average molecular weight is 280 g/mol. The first-order chi connectivity index (χ1) is 8.14. The van der Waals surface area contributed by atoms with Gasteiger partial charge in [-0.25, -0.2) is 9.71 Å². The number of rotatable bonds is 2. The largest absolute Gasteiger partial charge is 0.803 e. The van der Waals surface area contributed by atoms with Crippen LogP contribution in [0.1, 0.15) is 11.4 Å². The van der Waals surface area contributed by atoms with E-state index in [4.69, 9.17) is 10.5 Å². The molecular weight excluding hydrogens is 279 g/mol. The Hall–Kier alpha value is -2.47. The van der Waals surface area contributed by atoms with Gasteiger partial charge >= 0.3 is 15.5 Å². The molecule has 96 valence electrons. The lowest BCUT2D eigenvalue weighted by molar-refractivity contribution is -0.0429. The minimum Gasteiger partial charge on any atom is -0.803 e. The van der Waals surface area contributed by atoms with Crippen LogP contribution in [0, 0.1) is 27.9 Å². The van der Waals surface area contributed by atoms with Crippen molar-refractivity contribution >= 4 is 16.0 Å². The van der Waals surface area contributed by atoms with Gasteiger partial charge in [-0.1, -0.05) is 0 Å². The van der Waals surface area contributed by atoms with Crippen LogP contribution in [0.15, 0.2) is 0 Å². The van der Waals surface area contributed by atoms with E-state index in [9.17, 15) is 26.8 Å². The van der Waals surface area contributed by atoms with Crippen molar-refractivity contribution in [2.45, 2.75) is 5.51 Å². The van der Waals surface area contributed by atoms with Gasteiger partial charge in [0, 0.05) is 0 Å².